The first-order valence-corrected chi connectivity index (χ1v) is 12.7. The van der Waals surface area contributed by atoms with Crippen LogP contribution in [0, 0.1) is 0 Å². The SMILES string of the molecule is CN1CC2N(c3ccccc3)Cc3cccc4c3N2c2c1ccc1c3ccccc3p-4c21. The molecular formula is C28H22N3P. The fraction of sp³-hybridized carbons (Fsp3) is 0.143. The lowest BCUT2D eigenvalue weighted by atomic mass is 9.99. The molecule has 2 unspecified atom stereocenters. The molecule has 0 spiro atoms. The molecule has 154 valence electrons. The molecule has 3 aliphatic heterocycles. The van der Waals surface area contributed by atoms with E-state index in [9.17, 15) is 0 Å². The van der Waals surface area contributed by atoms with Gasteiger partial charge in [0.05, 0.1) is 23.6 Å². The molecule has 4 heterocycles. The minimum atomic E-state index is -0.515. The van der Waals surface area contributed by atoms with E-state index in [1.807, 2.05) is 0 Å². The summed E-state index contributed by atoms with van der Waals surface area (Å²) < 4.78 is 0. The molecule has 0 bridgehead atoms. The van der Waals surface area contributed by atoms with Crippen molar-refractivity contribution >= 4 is 51.3 Å². The van der Waals surface area contributed by atoms with E-state index in [4.69, 9.17) is 0 Å². The van der Waals surface area contributed by atoms with Gasteiger partial charge in [-0.15, -0.1) is 0 Å². The fourth-order valence-corrected chi connectivity index (χ4v) is 9.21. The zero-order valence-corrected chi connectivity index (χ0v) is 18.8. The van der Waals surface area contributed by atoms with Gasteiger partial charge in [0.15, 0.2) is 0 Å². The Morgan fingerprint density at radius 1 is 0.781 bits per heavy atom. The van der Waals surface area contributed by atoms with Crippen LogP contribution in [0.4, 0.5) is 22.7 Å². The topological polar surface area (TPSA) is 9.72 Å². The van der Waals surface area contributed by atoms with Gasteiger partial charge < -0.3 is 14.7 Å². The third-order valence-electron chi connectivity index (χ3n) is 7.54. The number of likely N-dealkylation sites (N-methyl/N-ethyl adjacent to an activating group) is 1. The summed E-state index contributed by atoms with van der Waals surface area (Å²) in [5, 5.41) is 7.49. The number of nitrogens with zero attached hydrogens (tertiary/aromatic N) is 3. The third kappa shape index (κ3) is 1.94. The molecule has 0 fully saturated rings. The normalized spacial score (nSPS) is 18.6. The van der Waals surface area contributed by atoms with Gasteiger partial charge in [0.25, 0.3) is 0 Å². The number of benzene rings is 4. The van der Waals surface area contributed by atoms with Crippen LogP contribution >= 0.6 is 7.53 Å². The van der Waals surface area contributed by atoms with Crippen LogP contribution in [-0.2, 0) is 6.54 Å². The zero-order valence-electron chi connectivity index (χ0n) is 17.9. The highest BCUT2D eigenvalue weighted by Gasteiger charge is 2.44. The summed E-state index contributed by atoms with van der Waals surface area (Å²) in [6.45, 7) is 1.94. The number of fused-ring (bicyclic) bond motifs is 4. The van der Waals surface area contributed by atoms with Crippen molar-refractivity contribution in [2.45, 2.75) is 12.7 Å². The van der Waals surface area contributed by atoms with Crippen molar-refractivity contribution in [3.05, 3.63) is 90.5 Å². The molecule has 2 atom stereocenters. The van der Waals surface area contributed by atoms with E-state index < -0.39 is 7.53 Å². The summed E-state index contributed by atoms with van der Waals surface area (Å²) in [7, 11) is 1.75. The van der Waals surface area contributed by atoms with Gasteiger partial charge in [0.1, 0.15) is 6.17 Å². The van der Waals surface area contributed by atoms with Crippen molar-refractivity contribution < 1.29 is 0 Å². The predicted molar refractivity (Wildman–Crippen MR) is 137 cm³/mol. The molecule has 3 nitrogen and oxygen atoms in total. The smallest absolute Gasteiger partial charge is 0.124 e. The molecule has 0 N–H and O–H groups in total. The standard InChI is InChI=1S/C28H22N3P/c1-29-17-25-30(19-9-3-2-4-10-19)16-18-8-7-13-24-26(18)31(25)27-22(29)15-14-21-20-11-5-6-12-23(20)32(24)28(21)27/h2-15,25H,16-17H2,1H3. The van der Waals surface area contributed by atoms with Gasteiger partial charge in [0, 0.05) is 34.8 Å². The molecule has 0 radical (unpaired) electrons. The summed E-state index contributed by atoms with van der Waals surface area (Å²) in [4.78, 5) is 7.77. The molecule has 32 heavy (non-hydrogen) atoms. The molecule has 3 aliphatic rings. The van der Waals surface area contributed by atoms with Crippen molar-refractivity contribution in [2.75, 3.05) is 28.3 Å². The average Bonchev–Trinajstić information content (AvgIpc) is 3.19. The Kier molecular flexibility index (Phi) is 3.15. The molecule has 5 aromatic rings. The summed E-state index contributed by atoms with van der Waals surface area (Å²) >= 11 is 0. The van der Waals surface area contributed by atoms with Crippen molar-refractivity contribution in [3.8, 4) is 5.30 Å². The van der Waals surface area contributed by atoms with E-state index in [1.165, 1.54) is 49.5 Å². The average molecular weight is 431 g/mol. The van der Waals surface area contributed by atoms with Crippen LogP contribution in [0.2, 0.25) is 0 Å². The number of hydrogen-bond donors (Lipinski definition) is 0. The molecule has 0 saturated heterocycles. The maximum absolute atomic E-state index is 2.69. The monoisotopic (exact) mass is 431 g/mol. The lowest BCUT2D eigenvalue weighted by Gasteiger charge is -2.54. The van der Waals surface area contributed by atoms with Gasteiger partial charge in [-0.05, 0) is 40.6 Å². The largest absolute Gasteiger partial charge is 0.369 e. The van der Waals surface area contributed by atoms with Gasteiger partial charge >= 0.3 is 0 Å². The van der Waals surface area contributed by atoms with E-state index in [0.717, 1.165) is 13.1 Å². The summed E-state index contributed by atoms with van der Waals surface area (Å²) in [6.07, 6.45) is 0.288. The Bertz CT molecular complexity index is 1570. The van der Waals surface area contributed by atoms with Crippen molar-refractivity contribution in [2.24, 2.45) is 0 Å². The Hall–Kier alpha value is -3.42. The van der Waals surface area contributed by atoms with Gasteiger partial charge in [-0.25, -0.2) is 0 Å². The molecule has 0 aliphatic carbocycles. The predicted octanol–water partition coefficient (Wildman–Crippen LogP) is 7.22. The Balaban J connectivity index is 1.54. The van der Waals surface area contributed by atoms with E-state index in [-0.39, 0.29) is 6.17 Å². The minimum absolute atomic E-state index is 0.288. The number of para-hydroxylation sites is 2. The number of anilines is 4. The van der Waals surface area contributed by atoms with Crippen LogP contribution in [0.5, 0.6) is 0 Å². The highest BCUT2D eigenvalue weighted by molar-refractivity contribution is 7.68. The molecule has 8 rings (SSSR count). The quantitative estimate of drug-likeness (QED) is 0.277. The Morgan fingerprint density at radius 3 is 2.53 bits per heavy atom. The second kappa shape index (κ2) is 5.88. The first-order valence-electron chi connectivity index (χ1n) is 11.3. The van der Waals surface area contributed by atoms with Gasteiger partial charge in [0.2, 0.25) is 0 Å². The van der Waals surface area contributed by atoms with E-state index in [1.54, 1.807) is 5.12 Å². The number of rotatable bonds is 1. The summed E-state index contributed by atoms with van der Waals surface area (Å²) in [5.41, 5.74) is 7.04. The fourth-order valence-electron chi connectivity index (χ4n) is 6.23. The van der Waals surface area contributed by atoms with Crippen LogP contribution in [-0.4, -0.2) is 19.8 Å². The van der Waals surface area contributed by atoms with Crippen LogP contribution in [0.15, 0.2) is 84.9 Å². The molecule has 1 aromatic heterocycles. The number of hydrogen-bond acceptors (Lipinski definition) is 3. The summed E-state index contributed by atoms with van der Waals surface area (Å²) in [6, 6.07) is 31.8. The Morgan fingerprint density at radius 2 is 1.62 bits per heavy atom. The maximum Gasteiger partial charge on any atom is 0.124 e. The maximum atomic E-state index is 2.69. The second-order valence-corrected chi connectivity index (χ2v) is 11.2. The summed E-state index contributed by atoms with van der Waals surface area (Å²) in [5.74, 6) is 0. The molecular weight excluding hydrogens is 409 g/mol. The Labute approximate surface area is 188 Å². The van der Waals surface area contributed by atoms with E-state index >= 15 is 0 Å². The van der Waals surface area contributed by atoms with E-state index in [2.05, 4.69) is 107 Å². The van der Waals surface area contributed by atoms with Crippen LogP contribution in [0.25, 0.3) is 26.3 Å². The molecule has 4 aromatic carbocycles. The minimum Gasteiger partial charge on any atom is -0.369 e. The second-order valence-electron chi connectivity index (χ2n) is 9.16. The lowest BCUT2D eigenvalue weighted by molar-refractivity contribution is 0.554. The van der Waals surface area contributed by atoms with Gasteiger partial charge in [-0.1, -0.05) is 68.2 Å². The highest BCUT2D eigenvalue weighted by Crippen LogP contribution is 2.68. The van der Waals surface area contributed by atoms with Crippen molar-refractivity contribution in [1.82, 2.24) is 0 Å². The van der Waals surface area contributed by atoms with Crippen molar-refractivity contribution in [3.63, 3.8) is 0 Å². The lowest BCUT2D eigenvalue weighted by Crippen LogP contribution is -2.58. The molecule has 0 amide bonds. The van der Waals surface area contributed by atoms with Gasteiger partial charge in [-0.2, -0.15) is 0 Å². The highest BCUT2D eigenvalue weighted by atomic mass is 31.1. The van der Waals surface area contributed by atoms with Crippen LogP contribution in [0.1, 0.15) is 5.56 Å². The van der Waals surface area contributed by atoms with E-state index in [0.29, 0.717) is 0 Å². The molecule has 4 heteroatoms. The third-order valence-corrected chi connectivity index (χ3v) is 10.2. The first kappa shape index (κ1) is 17.2. The van der Waals surface area contributed by atoms with Gasteiger partial charge in [-0.3, -0.25) is 0 Å². The van der Waals surface area contributed by atoms with Crippen LogP contribution in [0.3, 0.4) is 0 Å². The van der Waals surface area contributed by atoms with Crippen LogP contribution < -0.4 is 14.7 Å². The zero-order chi connectivity index (χ0) is 21.0. The first-order chi connectivity index (χ1) is 15.8. The molecule has 0 saturated carbocycles. The van der Waals surface area contributed by atoms with Crippen molar-refractivity contribution in [1.29, 1.82) is 0 Å².